The highest BCUT2D eigenvalue weighted by atomic mass is 16.5. The molecule has 2 heterocycles. The van der Waals surface area contributed by atoms with Crippen LogP contribution in [0.1, 0.15) is 50.7 Å². The second-order valence-electron chi connectivity index (χ2n) is 7.73. The normalized spacial score (nSPS) is 32.7. The molecule has 1 N–H and O–H groups in total. The summed E-state index contributed by atoms with van der Waals surface area (Å²) >= 11 is 0. The Hall–Kier alpha value is -0.980. The lowest BCUT2D eigenvalue weighted by Crippen LogP contribution is -2.45. The van der Waals surface area contributed by atoms with Crippen molar-refractivity contribution in [2.24, 2.45) is 5.92 Å². The molecular weight excluding hydrogens is 292 g/mol. The molecular formula is C17H30N4O2. The van der Waals surface area contributed by atoms with Gasteiger partial charge in [0.15, 0.2) is 5.82 Å². The van der Waals surface area contributed by atoms with E-state index in [1.165, 1.54) is 0 Å². The Balaban J connectivity index is 1.48. The van der Waals surface area contributed by atoms with Crippen molar-refractivity contribution in [2.75, 3.05) is 26.7 Å². The Morgan fingerprint density at radius 2 is 2.09 bits per heavy atom. The van der Waals surface area contributed by atoms with Crippen LogP contribution in [0.5, 0.6) is 0 Å². The second-order valence-corrected chi connectivity index (χ2v) is 7.73. The van der Waals surface area contributed by atoms with Crippen molar-refractivity contribution >= 4 is 0 Å². The summed E-state index contributed by atoms with van der Waals surface area (Å²) in [4.78, 5) is 9.01. The zero-order chi connectivity index (χ0) is 16.4. The first kappa shape index (κ1) is 16.9. The largest absolute Gasteiger partial charge is 0.389 e. The van der Waals surface area contributed by atoms with Crippen LogP contribution in [-0.4, -0.2) is 63.4 Å². The molecule has 2 aliphatic rings. The van der Waals surface area contributed by atoms with E-state index in [0.717, 1.165) is 70.0 Å². The number of aryl methyl sites for hydroxylation is 1. The first-order valence-electron chi connectivity index (χ1n) is 8.88. The van der Waals surface area contributed by atoms with Gasteiger partial charge in [-0.15, -0.1) is 0 Å². The zero-order valence-electron chi connectivity index (χ0n) is 14.7. The van der Waals surface area contributed by atoms with E-state index in [0.29, 0.717) is 11.9 Å². The van der Waals surface area contributed by atoms with Crippen molar-refractivity contribution in [3.63, 3.8) is 0 Å². The molecule has 1 aromatic heterocycles. The third-order valence-electron chi connectivity index (χ3n) is 5.55. The highest BCUT2D eigenvalue weighted by Crippen LogP contribution is 2.33. The number of β-amino-alcohol motifs (C(OH)–C–C–N with tert-alkyl or cyclic N) is 1. The Morgan fingerprint density at radius 3 is 2.74 bits per heavy atom. The summed E-state index contributed by atoms with van der Waals surface area (Å²) < 4.78 is 5.04. The smallest absolute Gasteiger partial charge is 0.223 e. The van der Waals surface area contributed by atoms with Crippen molar-refractivity contribution < 1.29 is 9.63 Å². The fourth-order valence-electron chi connectivity index (χ4n) is 3.95. The highest BCUT2D eigenvalue weighted by Gasteiger charge is 2.36. The molecule has 0 radical (unpaired) electrons. The predicted molar refractivity (Wildman–Crippen MR) is 87.9 cm³/mol. The molecule has 1 unspecified atom stereocenters. The molecule has 3 rings (SSSR count). The van der Waals surface area contributed by atoms with Gasteiger partial charge in [0, 0.05) is 26.1 Å². The van der Waals surface area contributed by atoms with Crippen molar-refractivity contribution in [3.8, 4) is 0 Å². The number of rotatable bonds is 5. The average Bonchev–Trinajstić information content (AvgIpc) is 3.12. The lowest BCUT2D eigenvalue weighted by molar-refractivity contribution is -0.0316. The number of aliphatic hydroxyl groups is 1. The molecule has 1 saturated heterocycles. The fourth-order valence-corrected chi connectivity index (χ4v) is 3.95. The van der Waals surface area contributed by atoms with E-state index in [1.807, 2.05) is 6.92 Å². The Labute approximate surface area is 138 Å². The van der Waals surface area contributed by atoms with E-state index in [4.69, 9.17) is 4.52 Å². The van der Waals surface area contributed by atoms with E-state index in [1.54, 1.807) is 0 Å². The number of hydrogen-bond acceptors (Lipinski definition) is 6. The minimum atomic E-state index is -0.468. The Morgan fingerprint density at radius 1 is 1.35 bits per heavy atom. The number of likely N-dealkylation sites (tertiary alicyclic amines) is 1. The molecule has 0 amide bonds. The van der Waals surface area contributed by atoms with Crippen LogP contribution >= 0.6 is 0 Å². The van der Waals surface area contributed by atoms with Crippen LogP contribution in [0.2, 0.25) is 0 Å². The van der Waals surface area contributed by atoms with Gasteiger partial charge in [0.2, 0.25) is 5.89 Å². The van der Waals surface area contributed by atoms with Crippen LogP contribution in [0, 0.1) is 12.8 Å². The quantitative estimate of drug-likeness (QED) is 0.892. The molecule has 23 heavy (non-hydrogen) atoms. The van der Waals surface area contributed by atoms with Crippen LogP contribution in [0.15, 0.2) is 4.52 Å². The molecule has 1 aromatic rings. The van der Waals surface area contributed by atoms with Gasteiger partial charge >= 0.3 is 0 Å². The summed E-state index contributed by atoms with van der Waals surface area (Å²) in [5, 5.41) is 14.8. The lowest BCUT2D eigenvalue weighted by Gasteiger charge is -2.38. The highest BCUT2D eigenvalue weighted by molar-refractivity contribution is 4.92. The second kappa shape index (κ2) is 6.87. The maximum Gasteiger partial charge on any atom is 0.223 e. The Kier molecular flexibility index (Phi) is 5.04. The first-order valence-corrected chi connectivity index (χ1v) is 8.88. The molecule has 0 bridgehead atoms. The van der Waals surface area contributed by atoms with E-state index in [9.17, 15) is 5.11 Å². The average molecular weight is 322 g/mol. The predicted octanol–water partition coefficient (Wildman–Crippen LogP) is 1.83. The van der Waals surface area contributed by atoms with Crippen LogP contribution in [-0.2, 0) is 6.54 Å². The van der Waals surface area contributed by atoms with Gasteiger partial charge in [-0.05, 0) is 51.6 Å². The molecule has 0 spiro atoms. The van der Waals surface area contributed by atoms with Gasteiger partial charge in [-0.3, -0.25) is 9.80 Å². The van der Waals surface area contributed by atoms with E-state index >= 15 is 0 Å². The van der Waals surface area contributed by atoms with Gasteiger partial charge in [0.25, 0.3) is 0 Å². The van der Waals surface area contributed by atoms with Crippen LogP contribution < -0.4 is 0 Å². The number of likely N-dealkylation sites (N-methyl/N-ethyl adjacent to an activating group) is 1. The molecule has 1 atom stereocenters. The molecule has 1 saturated carbocycles. The maximum atomic E-state index is 10.8. The summed E-state index contributed by atoms with van der Waals surface area (Å²) in [5.41, 5.74) is -0.468. The molecule has 1 aliphatic heterocycles. The van der Waals surface area contributed by atoms with Crippen molar-refractivity contribution in [1.82, 2.24) is 19.9 Å². The molecule has 2 fully saturated rings. The number of nitrogens with zero attached hydrogens (tertiary/aromatic N) is 4. The van der Waals surface area contributed by atoms with Gasteiger partial charge in [-0.1, -0.05) is 12.1 Å². The fraction of sp³-hybridized carbons (Fsp3) is 0.882. The standard InChI is InChI=1S/C17H30N4O2/c1-13-4-7-17(22,8-5-13)12-21-9-6-15(10-21)20(3)11-16-18-14(2)23-19-16/h13,15,22H,4-12H2,1-3H3. The first-order chi connectivity index (χ1) is 10.9. The third-order valence-corrected chi connectivity index (χ3v) is 5.55. The van der Waals surface area contributed by atoms with Crippen molar-refractivity contribution in [1.29, 1.82) is 0 Å². The summed E-state index contributed by atoms with van der Waals surface area (Å²) in [5.74, 6) is 2.14. The SMILES string of the molecule is Cc1nc(CN(C)C2CCN(CC3(O)CCC(C)CC3)C2)no1. The minimum Gasteiger partial charge on any atom is -0.389 e. The molecule has 6 nitrogen and oxygen atoms in total. The summed E-state index contributed by atoms with van der Waals surface area (Å²) in [6.07, 6.45) is 5.36. The van der Waals surface area contributed by atoms with Gasteiger partial charge < -0.3 is 9.63 Å². The zero-order valence-corrected chi connectivity index (χ0v) is 14.7. The summed E-state index contributed by atoms with van der Waals surface area (Å²) in [6.45, 7) is 7.74. The summed E-state index contributed by atoms with van der Waals surface area (Å²) in [7, 11) is 2.12. The minimum absolute atomic E-state index is 0.468. The van der Waals surface area contributed by atoms with Gasteiger partial charge in [0.05, 0.1) is 12.1 Å². The lowest BCUT2D eigenvalue weighted by atomic mass is 9.79. The van der Waals surface area contributed by atoms with Gasteiger partial charge in [0.1, 0.15) is 0 Å². The van der Waals surface area contributed by atoms with E-state index in [-0.39, 0.29) is 0 Å². The number of aromatic nitrogens is 2. The topological polar surface area (TPSA) is 65.6 Å². The van der Waals surface area contributed by atoms with Crippen LogP contribution in [0.25, 0.3) is 0 Å². The molecule has 6 heteroatoms. The summed E-state index contributed by atoms with van der Waals surface area (Å²) in [6, 6.07) is 0.500. The van der Waals surface area contributed by atoms with E-state index < -0.39 is 5.60 Å². The van der Waals surface area contributed by atoms with E-state index in [2.05, 4.69) is 33.9 Å². The van der Waals surface area contributed by atoms with Crippen LogP contribution in [0.4, 0.5) is 0 Å². The van der Waals surface area contributed by atoms with Gasteiger partial charge in [-0.2, -0.15) is 4.98 Å². The van der Waals surface area contributed by atoms with Crippen molar-refractivity contribution in [3.05, 3.63) is 11.7 Å². The number of hydrogen-bond donors (Lipinski definition) is 1. The molecule has 1 aliphatic carbocycles. The van der Waals surface area contributed by atoms with Gasteiger partial charge in [-0.25, -0.2) is 0 Å². The third kappa shape index (κ3) is 4.31. The Bertz CT molecular complexity index is 510. The van der Waals surface area contributed by atoms with Crippen LogP contribution in [0.3, 0.4) is 0 Å². The monoisotopic (exact) mass is 322 g/mol. The molecule has 130 valence electrons. The van der Waals surface area contributed by atoms with Crippen molar-refractivity contribution in [2.45, 2.75) is 64.1 Å². The molecule has 0 aromatic carbocycles. The maximum absolute atomic E-state index is 10.8.